The lowest BCUT2D eigenvalue weighted by molar-refractivity contribution is -0.121. The molecule has 1 fully saturated rings. The van der Waals surface area contributed by atoms with Gasteiger partial charge in [-0.3, -0.25) is 25.2 Å². The molecule has 2 heterocycles. The van der Waals surface area contributed by atoms with E-state index in [1.165, 1.54) is 4.90 Å². The van der Waals surface area contributed by atoms with Crippen molar-refractivity contribution in [3.05, 3.63) is 60.7 Å². The molecule has 9 nitrogen and oxygen atoms in total. The molecule has 0 saturated carbocycles. The van der Waals surface area contributed by atoms with Crippen LogP contribution in [-0.4, -0.2) is 41.5 Å². The van der Waals surface area contributed by atoms with Crippen molar-refractivity contribution in [1.29, 1.82) is 0 Å². The van der Waals surface area contributed by atoms with E-state index in [1.54, 1.807) is 24.3 Å². The van der Waals surface area contributed by atoms with Crippen LogP contribution < -0.4 is 26.4 Å². The number of amides is 4. The van der Waals surface area contributed by atoms with Gasteiger partial charge < -0.3 is 5.32 Å². The molecule has 4 N–H and O–H groups in total. The minimum absolute atomic E-state index is 0.0670. The van der Waals surface area contributed by atoms with E-state index in [-0.39, 0.29) is 23.7 Å². The molecule has 2 atom stereocenters. The Bertz CT molecular complexity index is 969. The van der Waals surface area contributed by atoms with Gasteiger partial charge in [0.2, 0.25) is 11.8 Å². The van der Waals surface area contributed by atoms with Crippen LogP contribution in [0.25, 0.3) is 0 Å². The fraction of sp³-hybridized carbons (Fsp3) is 0.200. The van der Waals surface area contributed by atoms with Gasteiger partial charge in [0, 0.05) is 12.2 Å². The highest BCUT2D eigenvalue weighted by Gasteiger charge is 2.42. The summed E-state index contributed by atoms with van der Waals surface area (Å²) in [6, 6.07) is 17.4. The molecule has 2 unspecified atom stereocenters. The molecule has 10 heteroatoms. The molecule has 30 heavy (non-hydrogen) atoms. The number of carbonyl (C=O) groups is 3. The maximum absolute atomic E-state index is 13.0. The predicted molar refractivity (Wildman–Crippen MR) is 116 cm³/mol. The van der Waals surface area contributed by atoms with Crippen molar-refractivity contribution in [2.75, 3.05) is 22.5 Å². The van der Waals surface area contributed by atoms with Crippen LogP contribution >= 0.6 is 11.8 Å². The monoisotopic (exact) mass is 424 g/mol. The number of para-hydroxylation sites is 2. The summed E-state index contributed by atoms with van der Waals surface area (Å²) >= 11 is 1.10. The van der Waals surface area contributed by atoms with Gasteiger partial charge >= 0.3 is 6.03 Å². The molecule has 0 aliphatic carbocycles. The van der Waals surface area contributed by atoms with E-state index >= 15 is 0 Å². The third-order valence-corrected chi connectivity index (χ3v) is 5.52. The number of benzene rings is 2. The maximum Gasteiger partial charge on any atom is 0.325 e. The van der Waals surface area contributed by atoms with Gasteiger partial charge in [-0.15, -0.1) is 0 Å². The third-order valence-electron chi connectivity index (χ3n) is 4.56. The van der Waals surface area contributed by atoms with E-state index in [2.05, 4.69) is 26.5 Å². The number of thioether (sulfide) groups is 1. The zero-order chi connectivity index (χ0) is 20.9. The number of anilines is 2. The molecule has 0 bridgehead atoms. The normalized spacial score (nSPS) is 20.3. The summed E-state index contributed by atoms with van der Waals surface area (Å²) in [5.74, 6) is -0.970. The zero-order valence-electron chi connectivity index (χ0n) is 15.9. The van der Waals surface area contributed by atoms with Crippen LogP contribution in [0.1, 0.15) is 0 Å². The first kappa shape index (κ1) is 20.1. The van der Waals surface area contributed by atoms with Gasteiger partial charge in [0.25, 0.3) is 0 Å². The van der Waals surface area contributed by atoms with Crippen LogP contribution in [0.5, 0.6) is 0 Å². The second kappa shape index (κ2) is 9.08. The number of rotatable bonds is 4. The molecule has 4 rings (SSSR count). The van der Waals surface area contributed by atoms with Crippen molar-refractivity contribution in [2.24, 2.45) is 10.9 Å². The SMILES string of the molecule is O=C(CSC1=NC2NNCC2C(=O)N1c1ccccc1)NC(=O)Nc1ccccc1. The summed E-state index contributed by atoms with van der Waals surface area (Å²) in [5.41, 5.74) is 7.19. The zero-order valence-corrected chi connectivity index (χ0v) is 16.7. The molecule has 2 aliphatic heterocycles. The molecule has 1 saturated heterocycles. The molecule has 2 aromatic rings. The van der Waals surface area contributed by atoms with E-state index in [0.29, 0.717) is 23.1 Å². The van der Waals surface area contributed by atoms with Gasteiger partial charge in [-0.1, -0.05) is 48.2 Å². The molecule has 2 aliphatic rings. The Morgan fingerprint density at radius 3 is 2.53 bits per heavy atom. The second-order valence-electron chi connectivity index (χ2n) is 6.65. The fourth-order valence-electron chi connectivity index (χ4n) is 3.16. The quantitative estimate of drug-likeness (QED) is 0.592. The van der Waals surface area contributed by atoms with Gasteiger partial charge in [0.05, 0.1) is 17.4 Å². The number of amidine groups is 1. The molecule has 0 radical (unpaired) electrons. The lowest BCUT2D eigenvalue weighted by Crippen LogP contribution is -2.49. The molecule has 2 aromatic carbocycles. The average Bonchev–Trinajstić information content (AvgIpc) is 3.22. The van der Waals surface area contributed by atoms with E-state index in [0.717, 1.165) is 11.8 Å². The van der Waals surface area contributed by atoms with Crippen LogP contribution in [0, 0.1) is 5.92 Å². The fourth-order valence-corrected chi connectivity index (χ4v) is 4.01. The Hall–Kier alpha value is -3.21. The van der Waals surface area contributed by atoms with Crippen LogP contribution in [0.4, 0.5) is 16.2 Å². The Balaban J connectivity index is 1.42. The summed E-state index contributed by atoms with van der Waals surface area (Å²) in [6.45, 7) is 0.481. The van der Waals surface area contributed by atoms with Gasteiger partial charge in [-0.05, 0) is 24.3 Å². The number of hydrazine groups is 1. The van der Waals surface area contributed by atoms with Gasteiger partial charge in [0.1, 0.15) is 6.17 Å². The molecule has 4 amide bonds. The van der Waals surface area contributed by atoms with E-state index < -0.39 is 11.9 Å². The first-order chi connectivity index (χ1) is 14.6. The number of aliphatic imine (C=N–C) groups is 1. The van der Waals surface area contributed by atoms with Crippen molar-refractivity contribution in [3.63, 3.8) is 0 Å². The highest BCUT2D eigenvalue weighted by Crippen LogP contribution is 2.29. The lowest BCUT2D eigenvalue weighted by atomic mass is 10.1. The molecular weight excluding hydrogens is 404 g/mol. The van der Waals surface area contributed by atoms with Crippen molar-refractivity contribution in [3.8, 4) is 0 Å². The third kappa shape index (κ3) is 4.51. The minimum atomic E-state index is -0.616. The predicted octanol–water partition coefficient (Wildman–Crippen LogP) is 1.52. The maximum atomic E-state index is 13.0. The van der Waals surface area contributed by atoms with E-state index in [9.17, 15) is 14.4 Å². The van der Waals surface area contributed by atoms with Crippen LogP contribution in [0.3, 0.4) is 0 Å². The first-order valence-electron chi connectivity index (χ1n) is 9.36. The average molecular weight is 424 g/mol. The summed E-state index contributed by atoms with van der Waals surface area (Å²) < 4.78 is 0. The Morgan fingerprint density at radius 2 is 1.80 bits per heavy atom. The van der Waals surface area contributed by atoms with Crippen LogP contribution in [0.2, 0.25) is 0 Å². The number of urea groups is 1. The standard InChI is InChI=1S/C20H20N6O3S/c27-16(23-19(29)22-13-7-3-1-4-8-13)12-30-20-24-17-15(11-21-25-17)18(28)26(20)14-9-5-2-6-10-14/h1-10,15,17,21,25H,11-12H2,(H2,22,23,27,29). The molecule has 0 aromatic heterocycles. The number of nitrogens with one attached hydrogen (secondary N) is 4. The summed E-state index contributed by atoms with van der Waals surface area (Å²) in [4.78, 5) is 43.4. The lowest BCUT2D eigenvalue weighted by Gasteiger charge is -2.32. The van der Waals surface area contributed by atoms with E-state index in [1.807, 2.05) is 36.4 Å². The highest BCUT2D eigenvalue weighted by molar-refractivity contribution is 8.14. The number of hydrogen-bond acceptors (Lipinski definition) is 7. The Labute approximate surface area is 177 Å². The highest BCUT2D eigenvalue weighted by atomic mass is 32.2. The molecule has 154 valence electrons. The topological polar surface area (TPSA) is 115 Å². The van der Waals surface area contributed by atoms with Crippen molar-refractivity contribution in [2.45, 2.75) is 6.17 Å². The Kier molecular flexibility index (Phi) is 6.07. The number of nitrogens with zero attached hydrogens (tertiary/aromatic N) is 2. The second-order valence-corrected chi connectivity index (χ2v) is 7.60. The van der Waals surface area contributed by atoms with Gasteiger partial charge in [-0.25, -0.2) is 15.2 Å². The first-order valence-corrected chi connectivity index (χ1v) is 10.3. The molecular formula is C20H20N6O3S. The number of fused-ring (bicyclic) bond motifs is 1. The summed E-state index contributed by atoms with van der Waals surface area (Å²) in [7, 11) is 0. The van der Waals surface area contributed by atoms with E-state index in [4.69, 9.17) is 0 Å². The van der Waals surface area contributed by atoms with Crippen LogP contribution in [0.15, 0.2) is 65.7 Å². The Morgan fingerprint density at radius 1 is 1.10 bits per heavy atom. The summed E-state index contributed by atoms with van der Waals surface area (Å²) in [6.07, 6.45) is -0.385. The number of carbonyl (C=O) groups excluding carboxylic acids is 3. The smallest absolute Gasteiger partial charge is 0.308 e. The van der Waals surface area contributed by atoms with Crippen molar-refractivity contribution < 1.29 is 14.4 Å². The number of imide groups is 1. The largest absolute Gasteiger partial charge is 0.325 e. The van der Waals surface area contributed by atoms with Gasteiger partial charge in [-0.2, -0.15) is 0 Å². The van der Waals surface area contributed by atoms with Crippen molar-refractivity contribution in [1.82, 2.24) is 16.2 Å². The van der Waals surface area contributed by atoms with Gasteiger partial charge in [0.15, 0.2) is 5.17 Å². The molecule has 0 spiro atoms. The number of hydrogen-bond donors (Lipinski definition) is 4. The van der Waals surface area contributed by atoms with Crippen LogP contribution in [-0.2, 0) is 9.59 Å². The summed E-state index contributed by atoms with van der Waals surface area (Å²) in [5, 5.41) is 5.28. The van der Waals surface area contributed by atoms with Crippen molar-refractivity contribution >= 4 is 46.1 Å². The minimum Gasteiger partial charge on any atom is -0.308 e.